The van der Waals surface area contributed by atoms with Crippen LogP contribution in [0, 0.1) is 0 Å². The van der Waals surface area contributed by atoms with Crippen molar-refractivity contribution in [3.8, 4) is 0 Å². The van der Waals surface area contributed by atoms with Crippen molar-refractivity contribution in [3.63, 3.8) is 0 Å². The predicted octanol–water partition coefficient (Wildman–Crippen LogP) is 5.41. The van der Waals surface area contributed by atoms with Crippen LogP contribution in [-0.2, 0) is 0 Å². The zero-order chi connectivity index (χ0) is 12.1. The van der Waals surface area contributed by atoms with Gasteiger partial charge in [-0.25, -0.2) is 0 Å². The topological polar surface area (TPSA) is 17.1 Å². The number of Topliss-reactive ketones (excluding diaryl/α,β-unsaturated/α-hetero) is 1. The van der Waals surface area contributed by atoms with Crippen LogP contribution in [0.2, 0.25) is 15.1 Å². The zero-order valence-electron chi connectivity index (χ0n) is 9.03. The quantitative estimate of drug-likeness (QED) is 0.520. The zero-order valence-corrected chi connectivity index (χ0v) is 11.3. The van der Waals surface area contributed by atoms with Gasteiger partial charge in [-0.2, -0.15) is 0 Å². The lowest BCUT2D eigenvalue weighted by atomic mass is 10.0. The monoisotopic (exact) mass is 278 g/mol. The van der Waals surface area contributed by atoms with Crippen molar-refractivity contribution >= 4 is 40.6 Å². The maximum absolute atomic E-state index is 11.9. The van der Waals surface area contributed by atoms with Gasteiger partial charge in [-0.1, -0.05) is 54.6 Å². The van der Waals surface area contributed by atoms with Crippen LogP contribution in [0.4, 0.5) is 0 Å². The van der Waals surface area contributed by atoms with E-state index in [9.17, 15) is 4.79 Å². The maximum Gasteiger partial charge on any atom is 0.165 e. The van der Waals surface area contributed by atoms with E-state index in [1.807, 2.05) is 0 Å². The highest BCUT2D eigenvalue weighted by Gasteiger charge is 2.15. The Morgan fingerprint density at radius 2 is 1.69 bits per heavy atom. The lowest BCUT2D eigenvalue weighted by Crippen LogP contribution is -2.01. The Bertz CT molecular complexity index is 365. The first kappa shape index (κ1) is 13.8. The van der Waals surface area contributed by atoms with E-state index in [4.69, 9.17) is 34.8 Å². The van der Waals surface area contributed by atoms with Crippen LogP contribution in [0.15, 0.2) is 12.1 Å². The normalized spacial score (nSPS) is 10.5. The van der Waals surface area contributed by atoms with Crippen LogP contribution < -0.4 is 0 Å². The number of ketones is 1. The van der Waals surface area contributed by atoms with Crippen molar-refractivity contribution < 1.29 is 4.79 Å². The smallest absolute Gasteiger partial charge is 0.165 e. The average molecular weight is 280 g/mol. The molecule has 0 fully saturated rings. The summed E-state index contributed by atoms with van der Waals surface area (Å²) >= 11 is 17.7. The summed E-state index contributed by atoms with van der Waals surface area (Å²) in [6.45, 7) is 2.09. The molecule has 0 spiro atoms. The number of hydrogen-bond acceptors (Lipinski definition) is 1. The van der Waals surface area contributed by atoms with E-state index in [1.54, 1.807) is 12.1 Å². The van der Waals surface area contributed by atoms with Gasteiger partial charge in [0.15, 0.2) is 5.78 Å². The molecule has 1 aromatic carbocycles. The van der Waals surface area contributed by atoms with Gasteiger partial charge in [0.1, 0.15) is 0 Å². The van der Waals surface area contributed by atoms with Crippen LogP contribution in [0.1, 0.15) is 43.0 Å². The molecule has 0 aliphatic rings. The summed E-state index contributed by atoms with van der Waals surface area (Å²) in [5.41, 5.74) is 0.392. The minimum Gasteiger partial charge on any atom is -0.294 e. The van der Waals surface area contributed by atoms with Gasteiger partial charge in [0.05, 0.1) is 15.6 Å². The molecule has 0 atom stereocenters. The number of hydrogen-bond donors (Lipinski definition) is 0. The molecule has 0 aliphatic carbocycles. The number of rotatable bonds is 5. The summed E-state index contributed by atoms with van der Waals surface area (Å²) in [4.78, 5) is 11.9. The van der Waals surface area contributed by atoms with Crippen LogP contribution >= 0.6 is 34.8 Å². The number of halogens is 3. The van der Waals surface area contributed by atoms with Gasteiger partial charge in [0, 0.05) is 11.4 Å². The van der Waals surface area contributed by atoms with Crippen LogP contribution in [-0.4, -0.2) is 5.78 Å². The predicted molar refractivity (Wildman–Crippen MR) is 69.9 cm³/mol. The van der Waals surface area contributed by atoms with Crippen LogP contribution in [0.5, 0.6) is 0 Å². The Balaban J connectivity index is 2.83. The summed E-state index contributed by atoms with van der Waals surface area (Å²) in [6, 6.07) is 3.09. The third-order valence-corrected chi connectivity index (χ3v) is 3.11. The first-order chi connectivity index (χ1) is 7.56. The molecule has 0 aliphatic heterocycles. The van der Waals surface area contributed by atoms with Crippen molar-refractivity contribution in [3.05, 3.63) is 32.8 Å². The fourth-order valence-electron chi connectivity index (χ4n) is 1.47. The molecule has 16 heavy (non-hydrogen) atoms. The van der Waals surface area contributed by atoms with Gasteiger partial charge < -0.3 is 0 Å². The molecule has 1 nitrogen and oxygen atoms in total. The molecular weight excluding hydrogens is 266 g/mol. The molecule has 1 aromatic rings. The highest BCUT2D eigenvalue weighted by atomic mass is 35.5. The summed E-state index contributed by atoms with van der Waals surface area (Å²) in [5, 5.41) is 1.11. The molecule has 0 radical (unpaired) electrons. The van der Waals surface area contributed by atoms with Crippen LogP contribution in [0.3, 0.4) is 0 Å². The van der Waals surface area contributed by atoms with E-state index in [0.717, 1.165) is 19.3 Å². The molecule has 1 rings (SSSR count). The van der Waals surface area contributed by atoms with Gasteiger partial charge in [-0.05, 0) is 18.6 Å². The third kappa shape index (κ3) is 3.65. The summed E-state index contributed by atoms with van der Waals surface area (Å²) in [7, 11) is 0. The SMILES string of the molecule is CCCCCC(=O)c1c(Cl)cc(Cl)cc1Cl. The summed E-state index contributed by atoms with van der Waals surface area (Å²) in [5.74, 6) is -0.0138. The highest BCUT2D eigenvalue weighted by molar-refractivity contribution is 6.42. The number of benzene rings is 1. The minimum atomic E-state index is -0.0138. The molecule has 0 aromatic heterocycles. The lowest BCUT2D eigenvalue weighted by Gasteiger charge is -2.06. The Labute approximate surface area is 111 Å². The number of carbonyl (C=O) groups excluding carboxylic acids is 1. The van der Waals surface area contributed by atoms with Gasteiger partial charge in [0.25, 0.3) is 0 Å². The molecule has 0 unspecified atom stereocenters. The molecule has 88 valence electrons. The maximum atomic E-state index is 11.9. The third-order valence-electron chi connectivity index (χ3n) is 2.29. The van der Waals surface area contributed by atoms with E-state index < -0.39 is 0 Å². The summed E-state index contributed by atoms with van der Waals surface area (Å²) < 4.78 is 0. The molecule has 0 heterocycles. The van der Waals surface area contributed by atoms with E-state index in [2.05, 4.69) is 6.92 Å². The average Bonchev–Trinajstić information content (AvgIpc) is 2.16. The lowest BCUT2D eigenvalue weighted by molar-refractivity contribution is 0.0979. The second-order valence-corrected chi connectivity index (χ2v) is 4.88. The molecule has 0 bridgehead atoms. The van der Waals surface area contributed by atoms with Crippen molar-refractivity contribution in [2.24, 2.45) is 0 Å². The van der Waals surface area contributed by atoms with Crippen LogP contribution in [0.25, 0.3) is 0 Å². The van der Waals surface area contributed by atoms with Crippen molar-refractivity contribution in [1.82, 2.24) is 0 Å². The Morgan fingerprint density at radius 3 is 2.19 bits per heavy atom. The largest absolute Gasteiger partial charge is 0.294 e. The Morgan fingerprint density at radius 1 is 1.12 bits per heavy atom. The van der Waals surface area contributed by atoms with Gasteiger partial charge in [0.2, 0.25) is 0 Å². The Kier molecular flexibility index (Phi) is 5.60. The second kappa shape index (κ2) is 6.48. The molecule has 0 saturated carbocycles. The Hall–Kier alpha value is -0.240. The minimum absolute atomic E-state index is 0.0138. The molecule has 0 N–H and O–H groups in total. The molecule has 0 saturated heterocycles. The second-order valence-electron chi connectivity index (χ2n) is 3.62. The van der Waals surface area contributed by atoms with Gasteiger partial charge in [-0.3, -0.25) is 4.79 Å². The number of carbonyl (C=O) groups is 1. The fourth-order valence-corrected chi connectivity index (χ4v) is 2.50. The molecule has 0 amide bonds. The standard InChI is InChI=1S/C12H13Cl3O/c1-2-3-4-5-11(16)12-9(14)6-8(13)7-10(12)15/h6-7H,2-5H2,1H3. The van der Waals surface area contributed by atoms with Gasteiger partial charge >= 0.3 is 0 Å². The summed E-state index contributed by atoms with van der Waals surface area (Å²) in [6.07, 6.45) is 3.46. The first-order valence-corrected chi connectivity index (χ1v) is 6.37. The van der Waals surface area contributed by atoms with E-state index in [-0.39, 0.29) is 5.78 Å². The number of unbranched alkanes of at least 4 members (excludes halogenated alkanes) is 2. The van der Waals surface area contributed by atoms with E-state index in [1.165, 1.54) is 0 Å². The molecule has 4 heteroatoms. The van der Waals surface area contributed by atoms with Crippen molar-refractivity contribution in [2.45, 2.75) is 32.6 Å². The van der Waals surface area contributed by atoms with Crippen molar-refractivity contribution in [1.29, 1.82) is 0 Å². The van der Waals surface area contributed by atoms with E-state index >= 15 is 0 Å². The van der Waals surface area contributed by atoms with E-state index in [0.29, 0.717) is 27.1 Å². The highest BCUT2D eigenvalue weighted by Crippen LogP contribution is 2.30. The molecular formula is C12H13Cl3O. The van der Waals surface area contributed by atoms with Gasteiger partial charge in [-0.15, -0.1) is 0 Å². The fraction of sp³-hybridized carbons (Fsp3) is 0.417. The van der Waals surface area contributed by atoms with Crippen molar-refractivity contribution in [2.75, 3.05) is 0 Å². The first-order valence-electron chi connectivity index (χ1n) is 5.24.